The van der Waals surface area contributed by atoms with Crippen LogP contribution < -0.4 is 0 Å². The van der Waals surface area contributed by atoms with Crippen LogP contribution in [-0.4, -0.2) is 24.8 Å². The number of pyridine rings is 1. The summed E-state index contributed by atoms with van der Waals surface area (Å²) in [6, 6.07) is 20.0. The fourth-order valence-corrected chi connectivity index (χ4v) is 3.26. The third-order valence-corrected chi connectivity index (χ3v) is 4.58. The van der Waals surface area contributed by atoms with Crippen LogP contribution in [0.2, 0.25) is 0 Å². The van der Waals surface area contributed by atoms with Crippen LogP contribution >= 0.6 is 0 Å². The minimum Gasteiger partial charge on any atom is -0.265 e. The number of fused-ring (bicyclic) bond motifs is 1. The van der Waals surface area contributed by atoms with Gasteiger partial charge in [0.2, 0.25) is 0 Å². The van der Waals surface area contributed by atoms with Gasteiger partial charge >= 0.3 is 0 Å². The number of aromatic nitrogens is 5. The van der Waals surface area contributed by atoms with Crippen molar-refractivity contribution in [1.29, 1.82) is 0 Å². The molecule has 5 aromatic rings. The molecule has 3 heterocycles. The Labute approximate surface area is 160 Å². The SMILES string of the molecule is Fc1ccc(-c2c(-c3ccncc3)nn3c(-c4ccccc4)cnnc23)cc1. The number of hydrogen-bond acceptors (Lipinski definition) is 4. The molecule has 0 aliphatic rings. The molecule has 6 heteroatoms. The highest BCUT2D eigenvalue weighted by Gasteiger charge is 2.20. The van der Waals surface area contributed by atoms with Crippen LogP contribution in [0.4, 0.5) is 4.39 Å². The summed E-state index contributed by atoms with van der Waals surface area (Å²) in [6.07, 6.45) is 5.13. The van der Waals surface area contributed by atoms with E-state index >= 15 is 0 Å². The van der Waals surface area contributed by atoms with E-state index in [0.717, 1.165) is 33.6 Å². The van der Waals surface area contributed by atoms with Crippen molar-refractivity contribution in [3.63, 3.8) is 0 Å². The molecule has 0 radical (unpaired) electrons. The lowest BCUT2D eigenvalue weighted by Crippen LogP contribution is -1.98. The van der Waals surface area contributed by atoms with E-state index in [0.29, 0.717) is 5.65 Å². The minimum atomic E-state index is -0.290. The van der Waals surface area contributed by atoms with Crippen molar-refractivity contribution >= 4 is 5.65 Å². The van der Waals surface area contributed by atoms with Crippen molar-refractivity contribution in [1.82, 2.24) is 24.8 Å². The van der Waals surface area contributed by atoms with Gasteiger partial charge in [-0.05, 0) is 29.8 Å². The van der Waals surface area contributed by atoms with E-state index in [9.17, 15) is 4.39 Å². The second-order valence-electron chi connectivity index (χ2n) is 6.30. The molecule has 134 valence electrons. The highest BCUT2D eigenvalue weighted by Crippen LogP contribution is 2.35. The van der Waals surface area contributed by atoms with Crippen molar-refractivity contribution in [3.8, 4) is 33.6 Å². The Morgan fingerprint density at radius 1 is 0.750 bits per heavy atom. The third-order valence-electron chi connectivity index (χ3n) is 4.58. The van der Waals surface area contributed by atoms with Gasteiger partial charge in [-0.1, -0.05) is 42.5 Å². The zero-order valence-electron chi connectivity index (χ0n) is 14.7. The van der Waals surface area contributed by atoms with Crippen molar-refractivity contribution in [3.05, 3.63) is 91.1 Å². The summed E-state index contributed by atoms with van der Waals surface area (Å²) in [7, 11) is 0. The van der Waals surface area contributed by atoms with Gasteiger partial charge in [0, 0.05) is 23.5 Å². The van der Waals surface area contributed by atoms with Gasteiger partial charge in [0.05, 0.1) is 17.5 Å². The average Bonchev–Trinajstić information content (AvgIpc) is 3.15. The maximum Gasteiger partial charge on any atom is 0.186 e. The fraction of sp³-hybridized carbons (Fsp3) is 0. The predicted octanol–water partition coefficient (Wildman–Crippen LogP) is 4.66. The Bertz CT molecular complexity index is 1250. The monoisotopic (exact) mass is 367 g/mol. The molecule has 0 fully saturated rings. The van der Waals surface area contributed by atoms with E-state index < -0.39 is 0 Å². The maximum absolute atomic E-state index is 13.5. The van der Waals surface area contributed by atoms with Crippen molar-refractivity contribution in [2.24, 2.45) is 0 Å². The Balaban J connectivity index is 1.85. The molecular weight excluding hydrogens is 353 g/mol. The van der Waals surface area contributed by atoms with E-state index in [1.807, 2.05) is 42.5 Å². The van der Waals surface area contributed by atoms with E-state index in [-0.39, 0.29) is 5.82 Å². The van der Waals surface area contributed by atoms with Crippen LogP contribution in [0.15, 0.2) is 85.3 Å². The van der Waals surface area contributed by atoms with E-state index in [2.05, 4.69) is 15.2 Å². The smallest absolute Gasteiger partial charge is 0.186 e. The zero-order valence-corrected chi connectivity index (χ0v) is 14.7. The first-order valence-corrected chi connectivity index (χ1v) is 8.77. The summed E-state index contributed by atoms with van der Waals surface area (Å²) in [5.41, 5.74) is 5.69. The van der Waals surface area contributed by atoms with Crippen molar-refractivity contribution in [2.45, 2.75) is 0 Å². The molecule has 0 unspecified atom stereocenters. The summed E-state index contributed by atoms with van der Waals surface area (Å²) in [4.78, 5) is 4.09. The standard InChI is InChI=1S/C22H14FN5/c23-18-8-6-16(7-9-18)20-21(17-10-12-24-13-11-17)27-28-19(14-25-26-22(20)28)15-4-2-1-3-5-15/h1-14H. The Morgan fingerprint density at radius 3 is 2.25 bits per heavy atom. The van der Waals surface area contributed by atoms with Crippen LogP contribution in [0.5, 0.6) is 0 Å². The molecule has 0 saturated heterocycles. The van der Waals surface area contributed by atoms with Crippen molar-refractivity contribution < 1.29 is 4.39 Å². The summed E-state index contributed by atoms with van der Waals surface area (Å²) in [5, 5.41) is 13.4. The first-order valence-electron chi connectivity index (χ1n) is 8.77. The van der Waals surface area contributed by atoms with E-state index in [1.54, 1.807) is 35.2 Å². The van der Waals surface area contributed by atoms with E-state index in [1.165, 1.54) is 12.1 Å². The highest BCUT2D eigenvalue weighted by atomic mass is 19.1. The molecule has 0 spiro atoms. The normalized spacial score (nSPS) is 11.0. The number of hydrogen-bond donors (Lipinski definition) is 0. The average molecular weight is 367 g/mol. The van der Waals surface area contributed by atoms with Crippen LogP contribution in [0.1, 0.15) is 0 Å². The van der Waals surface area contributed by atoms with E-state index in [4.69, 9.17) is 5.10 Å². The molecule has 5 nitrogen and oxygen atoms in total. The van der Waals surface area contributed by atoms with Gasteiger partial charge < -0.3 is 0 Å². The fourth-order valence-electron chi connectivity index (χ4n) is 3.26. The van der Waals surface area contributed by atoms with Crippen LogP contribution in [0.3, 0.4) is 0 Å². The van der Waals surface area contributed by atoms with Crippen molar-refractivity contribution in [2.75, 3.05) is 0 Å². The first-order chi connectivity index (χ1) is 13.8. The maximum atomic E-state index is 13.5. The van der Waals surface area contributed by atoms with Crippen LogP contribution in [-0.2, 0) is 0 Å². The molecule has 28 heavy (non-hydrogen) atoms. The summed E-state index contributed by atoms with van der Waals surface area (Å²) in [6.45, 7) is 0. The zero-order chi connectivity index (χ0) is 18.9. The minimum absolute atomic E-state index is 0.290. The number of rotatable bonds is 3. The molecule has 0 aliphatic heterocycles. The second kappa shape index (κ2) is 6.66. The molecule has 5 rings (SSSR count). The Hall–Kier alpha value is -3.93. The molecule has 0 N–H and O–H groups in total. The van der Waals surface area contributed by atoms with Gasteiger partial charge in [-0.25, -0.2) is 8.91 Å². The molecule has 0 aliphatic carbocycles. The van der Waals surface area contributed by atoms with Gasteiger partial charge in [0.25, 0.3) is 0 Å². The summed E-state index contributed by atoms with van der Waals surface area (Å²) >= 11 is 0. The molecule has 3 aromatic heterocycles. The van der Waals surface area contributed by atoms with Gasteiger partial charge in [-0.2, -0.15) is 10.2 Å². The largest absolute Gasteiger partial charge is 0.265 e. The van der Waals surface area contributed by atoms with Gasteiger partial charge in [-0.3, -0.25) is 4.98 Å². The van der Waals surface area contributed by atoms with Gasteiger partial charge in [0.15, 0.2) is 5.65 Å². The Kier molecular flexibility index (Phi) is 3.87. The molecule has 0 atom stereocenters. The summed E-state index contributed by atoms with van der Waals surface area (Å²) < 4.78 is 15.3. The second-order valence-corrected chi connectivity index (χ2v) is 6.30. The topological polar surface area (TPSA) is 56.0 Å². The van der Waals surface area contributed by atoms with Gasteiger partial charge in [-0.15, -0.1) is 5.10 Å². The van der Waals surface area contributed by atoms with Crippen LogP contribution in [0.25, 0.3) is 39.3 Å². The highest BCUT2D eigenvalue weighted by molar-refractivity contribution is 5.91. The number of nitrogens with zero attached hydrogens (tertiary/aromatic N) is 5. The molecule has 0 saturated carbocycles. The number of benzene rings is 2. The lowest BCUT2D eigenvalue weighted by atomic mass is 10.0. The van der Waals surface area contributed by atoms with Crippen LogP contribution in [0, 0.1) is 5.82 Å². The third kappa shape index (κ3) is 2.72. The molecule has 0 bridgehead atoms. The Morgan fingerprint density at radius 2 is 1.50 bits per heavy atom. The van der Waals surface area contributed by atoms with Gasteiger partial charge in [0.1, 0.15) is 11.5 Å². The first kappa shape index (κ1) is 16.3. The summed E-state index contributed by atoms with van der Waals surface area (Å²) in [5.74, 6) is -0.290. The lowest BCUT2D eigenvalue weighted by Gasteiger charge is -2.04. The lowest BCUT2D eigenvalue weighted by molar-refractivity contribution is 0.628. The quantitative estimate of drug-likeness (QED) is 0.465. The molecular formula is C22H14FN5. The molecule has 2 aromatic carbocycles. The number of halogens is 1. The predicted molar refractivity (Wildman–Crippen MR) is 105 cm³/mol. The molecule has 0 amide bonds.